The van der Waals surface area contributed by atoms with Crippen LogP contribution in [0.25, 0.3) is 10.2 Å². The van der Waals surface area contributed by atoms with E-state index >= 15 is 0 Å². The highest BCUT2D eigenvalue weighted by Gasteiger charge is 2.16. The van der Waals surface area contributed by atoms with Crippen LogP contribution in [0.5, 0.6) is 0 Å². The van der Waals surface area contributed by atoms with Crippen molar-refractivity contribution < 1.29 is 0 Å². The largest absolute Gasteiger partial charge is 0.323 e. The number of likely N-dealkylation sites (tertiary alicyclic amines) is 1. The fourth-order valence-corrected chi connectivity index (χ4v) is 4.02. The lowest BCUT2D eigenvalue weighted by molar-refractivity contribution is 0.269. The summed E-state index contributed by atoms with van der Waals surface area (Å²) in [6.45, 7) is 6.31. The topological polar surface area (TPSA) is 41.0 Å². The summed E-state index contributed by atoms with van der Waals surface area (Å²) in [5, 5.41) is 2.67. The Morgan fingerprint density at radius 1 is 1.40 bits per heavy atom. The van der Waals surface area contributed by atoms with Gasteiger partial charge in [0.05, 0.1) is 5.39 Å². The molecule has 0 aromatic carbocycles. The Balaban J connectivity index is 1.82. The summed E-state index contributed by atoms with van der Waals surface area (Å²) in [5.74, 6) is 0.428. The van der Waals surface area contributed by atoms with E-state index in [1.54, 1.807) is 4.57 Å². The summed E-state index contributed by atoms with van der Waals surface area (Å²) in [6, 6.07) is 1.87. The third-order valence-electron chi connectivity index (χ3n) is 3.87. The second-order valence-electron chi connectivity index (χ2n) is 5.62. The van der Waals surface area contributed by atoms with Crippen molar-refractivity contribution in [1.29, 1.82) is 0 Å². The minimum atomic E-state index is 0.0401. The van der Waals surface area contributed by atoms with Gasteiger partial charge in [0.25, 0.3) is 5.56 Å². The first kappa shape index (κ1) is 14.0. The van der Waals surface area contributed by atoms with Gasteiger partial charge in [0.2, 0.25) is 0 Å². The van der Waals surface area contributed by atoms with Crippen LogP contribution in [0.3, 0.4) is 0 Å². The Labute approximate surface area is 127 Å². The van der Waals surface area contributed by atoms with Crippen LogP contribution in [-0.2, 0) is 6.54 Å². The SMILES string of the molecule is CC(CN1CCCC1)Cn1c(=S)[nH]c2sccc2c1=O. The van der Waals surface area contributed by atoms with Gasteiger partial charge < -0.3 is 9.88 Å². The molecule has 0 radical (unpaired) electrons. The average Bonchev–Trinajstić information content (AvgIpc) is 3.05. The van der Waals surface area contributed by atoms with E-state index in [0.29, 0.717) is 17.2 Å². The predicted molar refractivity (Wildman–Crippen MR) is 86.1 cm³/mol. The van der Waals surface area contributed by atoms with E-state index in [9.17, 15) is 4.79 Å². The van der Waals surface area contributed by atoms with E-state index in [1.165, 1.54) is 37.3 Å². The van der Waals surface area contributed by atoms with Crippen molar-refractivity contribution in [3.8, 4) is 0 Å². The molecule has 2 aromatic rings. The van der Waals surface area contributed by atoms with Crippen molar-refractivity contribution in [2.75, 3.05) is 19.6 Å². The smallest absolute Gasteiger partial charge is 0.263 e. The summed E-state index contributed by atoms with van der Waals surface area (Å²) >= 11 is 6.86. The van der Waals surface area contributed by atoms with E-state index < -0.39 is 0 Å². The number of H-pyrrole nitrogens is 1. The molecule has 0 aliphatic carbocycles. The van der Waals surface area contributed by atoms with Crippen molar-refractivity contribution >= 4 is 33.8 Å². The van der Waals surface area contributed by atoms with Crippen molar-refractivity contribution in [3.63, 3.8) is 0 Å². The number of hydrogen-bond acceptors (Lipinski definition) is 4. The van der Waals surface area contributed by atoms with Crippen molar-refractivity contribution in [2.45, 2.75) is 26.3 Å². The second-order valence-corrected chi connectivity index (χ2v) is 6.93. The lowest BCUT2D eigenvalue weighted by Crippen LogP contribution is -2.31. The molecule has 1 atom stereocenters. The fraction of sp³-hybridized carbons (Fsp3) is 0.571. The minimum Gasteiger partial charge on any atom is -0.323 e. The number of thiophene rings is 1. The van der Waals surface area contributed by atoms with Gasteiger partial charge in [-0.1, -0.05) is 6.92 Å². The third-order valence-corrected chi connectivity index (χ3v) is 5.02. The monoisotopic (exact) mass is 309 g/mol. The number of rotatable bonds is 4. The maximum atomic E-state index is 12.5. The van der Waals surface area contributed by atoms with Crippen LogP contribution in [-0.4, -0.2) is 34.1 Å². The van der Waals surface area contributed by atoms with Gasteiger partial charge in [-0.05, 0) is 55.5 Å². The summed E-state index contributed by atoms with van der Waals surface area (Å²) in [6.07, 6.45) is 2.60. The number of nitrogens with one attached hydrogen (secondary N) is 1. The molecular weight excluding hydrogens is 290 g/mol. The van der Waals surface area contributed by atoms with Crippen LogP contribution in [0, 0.1) is 10.7 Å². The zero-order chi connectivity index (χ0) is 14.1. The Kier molecular flexibility index (Phi) is 4.05. The first-order valence-electron chi connectivity index (χ1n) is 7.08. The molecule has 108 valence electrons. The zero-order valence-electron chi connectivity index (χ0n) is 11.6. The summed E-state index contributed by atoms with van der Waals surface area (Å²) in [4.78, 5) is 19.0. The van der Waals surface area contributed by atoms with Crippen LogP contribution in [0.1, 0.15) is 19.8 Å². The molecule has 3 rings (SSSR count). The highest BCUT2D eigenvalue weighted by molar-refractivity contribution is 7.71. The lowest BCUT2D eigenvalue weighted by atomic mass is 10.1. The molecular formula is C14H19N3OS2. The molecule has 0 spiro atoms. The van der Waals surface area contributed by atoms with Crippen LogP contribution in [0.15, 0.2) is 16.2 Å². The maximum absolute atomic E-state index is 12.5. The molecule has 4 nitrogen and oxygen atoms in total. The molecule has 0 amide bonds. The van der Waals surface area contributed by atoms with Crippen molar-refractivity contribution in [2.24, 2.45) is 5.92 Å². The Morgan fingerprint density at radius 2 is 2.15 bits per heavy atom. The Morgan fingerprint density at radius 3 is 2.90 bits per heavy atom. The number of aromatic nitrogens is 2. The Hall–Kier alpha value is -0.980. The summed E-state index contributed by atoms with van der Waals surface area (Å²) < 4.78 is 2.25. The van der Waals surface area contributed by atoms with Crippen LogP contribution in [0.2, 0.25) is 0 Å². The van der Waals surface area contributed by atoms with E-state index in [1.807, 2.05) is 11.4 Å². The highest BCUT2D eigenvalue weighted by atomic mass is 32.1. The van der Waals surface area contributed by atoms with Crippen LogP contribution >= 0.6 is 23.6 Å². The zero-order valence-corrected chi connectivity index (χ0v) is 13.2. The van der Waals surface area contributed by atoms with Gasteiger partial charge in [0, 0.05) is 13.1 Å². The molecule has 1 saturated heterocycles. The second kappa shape index (κ2) is 5.79. The van der Waals surface area contributed by atoms with Crippen LogP contribution < -0.4 is 5.56 Å². The van der Waals surface area contributed by atoms with Gasteiger partial charge in [-0.25, -0.2) is 0 Å². The minimum absolute atomic E-state index is 0.0401. The summed E-state index contributed by atoms with van der Waals surface area (Å²) in [7, 11) is 0. The Bertz CT molecular complexity index is 709. The standard InChI is InChI=1S/C14H19N3OS2/c1-10(8-16-5-2-3-6-16)9-17-13(18)11-4-7-20-12(11)15-14(17)19/h4,7,10H,2-3,5-6,8-9H2,1H3,(H,15,19). The first-order valence-corrected chi connectivity index (χ1v) is 8.36. The van der Waals surface area contributed by atoms with Gasteiger partial charge in [-0.2, -0.15) is 0 Å². The first-order chi connectivity index (χ1) is 9.65. The van der Waals surface area contributed by atoms with Gasteiger partial charge >= 0.3 is 0 Å². The molecule has 3 heterocycles. The maximum Gasteiger partial charge on any atom is 0.263 e. The van der Waals surface area contributed by atoms with E-state index in [2.05, 4.69) is 16.8 Å². The molecule has 0 bridgehead atoms. The van der Waals surface area contributed by atoms with E-state index in [4.69, 9.17) is 12.2 Å². The molecule has 1 fully saturated rings. The van der Waals surface area contributed by atoms with Crippen molar-refractivity contribution in [1.82, 2.24) is 14.5 Å². The molecule has 0 saturated carbocycles. The molecule has 1 aliphatic heterocycles. The van der Waals surface area contributed by atoms with E-state index in [0.717, 1.165) is 16.8 Å². The van der Waals surface area contributed by atoms with Gasteiger partial charge in [0.1, 0.15) is 4.83 Å². The van der Waals surface area contributed by atoms with Crippen LogP contribution in [0.4, 0.5) is 0 Å². The highest BCUT2D eigenvalue weighted by Crippen LogP contribution is 2.15. The fourth-order valence-electron chi connectivity index (χ4n) is 2.92. The molecule has 6 heteroatoms. The number of aromatic amines is 1. The molecule has 1 unspecified atom stereocenters. The normalized spacial score (nSPS) is 17.9. The quantitative estimate of drug-likeness (QED) is 0.883. The molecule has 1 aliphatic rings. The molecule has 20 heavy (non-hydrogen) atoms. The predicted octanol–water partition coefficient (Wildman–Crippen LogP) is 2.85. The van der Waals surface area contributed by atoms with Gasteiger partial charge in [-0.3, -0.25) is 9.36 Å². The molecule has 2 aromatic heterocycles. The summed E-state index contributed by atoms with van der Waals surface area (Å²) in [5.41, 5.74) is 0.0401. The number of fused-ring (bicyclic) bond motifs is 1. The number of hydrogen-bond donors (Lipinski definition) is 1. The van der Waals surface area contributed by atoms with E-state index in [-0.39, 0.29) is 5.56 Å². The van der Waals surface area contributed by atoms with Gasteiger partial charge in [0.15, 0.2) is 4.77 Å². The lowest BCUT2D eigenvalue weighted by Gasteiger charge is -2.20. The molecule has 1 N–H and O–H groups in total. The van der Waals surface area contributed by atoms with Crippen molar-refractivity contribution in [3.05, 3.63) is 26.6 Å². The van der Waals surface area contributed by atoms with Gasteiger partial charge in [-0.15, -0.1) is 11.3 Å². The average molecular weight is 309 g/mol. The third kappa shape index (κ3) is 2.73. The number of nitrogens with zero attached hydrogens (tertiary/aromatic N) is 2.